The first-order valence-electron chi connectivity index (χ1n) is 13.5. The van der Waals surface area contributed by atoms with Crippen LogP contribution in [-0.2, 0) is 10.8 Å². The van der Waals surface area contributed by atoms with Crippen LogP contribution in [0.2, 0.25) is 0 Å². The molecule has 2 N–H and O–H groups in total. The molecule has 0 heterocycles. The fourth-order valence-corrected chi connectivity index (χ4v) is 11.2. The van der Waals surface area contributed by atoms with Crippen molar-refractivity contribution in [1.82, 2.24) is 0 Å². The number of benzene rings is 2. The van der Waals surface area contributed by atoms with Crippen molar-refractivity contribution in [3.05, 3.63) is 35.4 Å². The molecule has 2 aromatic carbocycles. The topological polar surface area (TPSA) is 40.5 Å². The molecule has 0 spiro atoms. The third-order valence-electron chi connectivity index (χ3n) is 11.3. The second-order valence-electron chi connectivity index (χ2n) is 13.4. The molecule has 2 aromatic rings. The lowest BCUT2D eigenvalue weighted by Crippen LogP contribution is -2.50. The van der Waals surface area contributed by atoms with Gasteiger partial charge in [0, 0.05) is 21.9 Å². The molecule has 0 amide bonds. The molecule has 0 atom stereocenters. The van der Waals surface area contributed by atoms with Crippen LogP contribution in [0, 0.1) is 35.5 Å². The molecule has 2 heteroatoms. The summed E-state index contributed by atoms with van der Waals surface area (Å²) in [5.41, 5.74) is 2.74. The maximum Gasteiger partial charge on any atom is 0.123 e. The van der Waals surface area contributed by atoms with Crippen molar-refractivity contribution in [3.8, 4) is 11.5 Å². The summed E-state index contributed by atoms with van der Waals surface area (Å²) in [6.07, 6.45) is 16.0. The van der Waals surface area contributed by atoms with Crippen LogP contribution >= 0.6 is 0 Å². The Morgan fingerprint density at radius 1 is 0.594 bits per heavy atom. The number of hydrogen-bond acceptors (Lipinski definition) is 2. The van der Waals surface area contributed by atoms with Crippen LogP contribution in [0.4, 0.5) is 0 Å². The monoisotopic (exact) mass is 428 g/mol. The summed E-state index contributed by atoms with van der Waals surface area (Å²) in [4.78, 5) is 0. The van der Waals surface area contributed by atoms with Crippen LogP contribution in [0.25, 0.3) is 10.8 Å². The normalized spacial score (nSPS) is 45.8. The molecule has 0 saturated heterocycles. The van der Waals surface area contributed by atoms with E-state index >= 15 is 0 Å². The first-order chi connectivity index (χ1) is 15.5. The smallest absolute Gasteiger partial charge is 0.123 e. The number of phenolic OH excluding ortho intramolecular Hbond substituents is 2. The van der Waals surface area contributed by atoms with E-state index < -0.39 is 0 Å². The van der Waals surface area contributed by atoms with Gasteiger partial charge in [-0.2, -0.15) is 0 Å². The number of hydrogen-bond donors (Lipinski definition) is 2. The maximum atomic E-state index is 12.2. The van der Waals surface area contributed by atoms with E-state index in [-0.39, 0.29) is 10.8 Å². The van der Waals surface area contributed by atoms with Crippen molar-refractivity contribution in [3.63, 3.8) is 0 Å². The Kier molecular flexibility index (Phi) is 3.53. The largest absolute Gasteiger partial charge is 0.507 e. The molecule has 0 unspecified atom stereocenters. The minimum atomic E-state index is 0.128. The molecule has 8 aliphatic carbocycles. The summed E-state index contributed by atoms with van der Waals surface area (Å²) >= 11 is 0. The molecule has 32 heavy (non-hydrogen) atoms. The molecule has 8 fully saturated rings. The molecule has 0 radical (unpaired) electrons. The van der Waals surface area contributed by atoms with Crippen molar-refractivity contribution in [2.24, 2.45) is 35.5 Å². The highest BCUT2D eigenvalue weighted by Gasteiger charge is 2.56. The lowest BCUT2D eigenvalue weighted by Gasteiger charge is -2.59. The highest BCUT2D eigenvalue weighted by molar-refractivity contribution is 5.94. The highest BCUT2D eigenvalue weighted by Crippen LogP contribution is 2.66. The Balaban J connectivity index is 1.38. The average Bonchev–Trinajstić information content (AvgIpc) is 2.71. The quantitative estimate of drug-likeness (QED) is 0.531. The summed E-state index contributed by atoms with van der Waals surface area (Å²) in [5.74, 6) is 6.13. The van der Waals surface area contributed by atoms with E-state index in [2.05, 4.69) is 12.1 Å². The molecular formula is C30H36O2. The van der Waals surface area contributed by atoms with Gasteiger partial charge in [0.05, 0.1) is 0 Å². The predicted octanol–water partition coefficient (Wildman–Crippen LogP) is 7.19. The van der Waals surface area contributed by atoms with Crippen molar-refractivity contribution in [1.29, 1.82) is 0 Å². The first kappa shape index (κ1) is 18.7. The zero-order valence-electron chi connectivity index (χ0n) is 19.2. The summed E-state index contributed by atoms with van der Waals surface area (Å²) in [7, 11) is 0. The highest BCUT2D eigenvalue weighted by atomic mass is 16.3. The molecule has 0 aromatic heterocycles. The number of rotatable bonds is 2. The molecule has 0 aliphatic heterocycles. The predicted molar refractivity (Wildman–Crippen MR) is 127 cm³/mol. The molecule has 8 saturated carbocycles. The number of aromatic hydroxyl groups is 2. The van der Waals surface area contributed by atoms with Crippen LogP contribution in [0.5, 0.6) is 11.5 Å². The Morgan fingerprint density at radius 3 is 1.56 bits per heavy atom. The fourth-order valence-electron chi connectivity index (χ4n) is 11.2. The summed E-state index contributed by atoms with van der Waals surface area (Å²) in [6, 6.07) is 8.27. The van der Waals surface area contributed by atoms with Gasteiger partial charge < -0.3 is 10.2 Å². The van der Waals surface area contributed by atoms with E-state index in [4.69, 9.17) is 0 Å². The lowest BCUT2D eigenvalue weighted by atomic mass is 9.46. The maximum absolute atomic E-state index is 12.2. The van der Waals surface area contributed by atoms with Crippen molar-refractivity contribution < 1.29 is 10.2 Å². The van der Waals surface area contributed by atoms with Crippen LogP contribution < -0.4 is 0 Å². The Labute approximate surface area is 191 Å². The Hall–Kier alpha value is -1.70. The first-order valence-corrected chi connectivity index (χ1v) is 13.5. The van der Waals surface area contributed by atoms with Gasteiger partial charge >= 0.3 is 0 Å². The van der Waals surface area contributed by atoms with Crippen LogP contribution in [0.15, 0.2) is 24.3 Å². The third kappa shape index (κ3) is 2.37. The zero-order valence-corrected chi connectivity index (χ0v) is 19.2. The SMILES string of the molecule is Oc1c(C23CC4CC(CC(C4)C2)C3)cc2c(O)cccc2c1C12CC3CC(CC(C3)C1)C2. The van der Waals surface area contributed by atoms with Gasteiger partial charge in [-0.15, -0.1) is 0 Å². The number of phenols is 2. The minimum absolute atomic E-state index is 0.128. The molecule has 8 bridgehead atoms. The second kappa shape index (κ2) is 6.05. The molecule has 168 valence electrons. The van der Waals surface area contributed by atoms with Gasteiger partial charge in [0.1, 0.15) is 11.5 Å². The standard InChI is InChI=1S/C30H36O2/c31-26-3-1-2-23-24(26)10-25(29-11-17-4-18(12-29)6-19(5-17)13-29)28(32)27(23)30-14-20-7-21(15-30)9-22(8-20)16-30/h1-3,10,17-22,31-32H,4-9,11-16H2. The van der Waals surface area contributed by atoms with Crippen molar-refractivity contribution >= 4 is 10.8 Å². The van der Waals surface area contributed by atoms with Crippen LogP contribution in [0.1, 0.15) is 88.2 Å². The lowest BCUT2D eigenvalue weighted by molar-refractivity contribution is -0.00971. The summed E-state index contributed by atoms with van der Waals surface area (Å²) in [5, 5.41) is 25.3. The van der Waals surface area contributed by atoms with Gasteiger partial charge in [-0.05, 0) is 135 Å². The Morgan fingerprint density at radius 2 is 1.06 bits per heavy atom. The summed E-state index contributed by atoms with van der Waals surface area (Å²) in [6.45, 7) is 0. The minimum Gasteiger partial charge on any atom is -0.507 e. The van der Waals surface area contributed by atoms with E-state index in [1.807, 2.05) is 12.1 Å². The third-order valence-corrected chi connectivity index (χ3v) is 11.3. The van der Waals surface area contributed by atoms with Gasteiger partial charge in [0.25, 0.3) is 0 Å². The van der Waals surface area contributed by atoms with Crippen molar-refractivity contribution in [2.45, 2.75) is 87.9 Å². The van der Waals surface area contributed by atoms with Gasteiger partial charge in [-0.3, -0.25) is 0 Å². The van der Waals surface area contributed by atoms with E-state index in [1.165, 1.54) is 88.2 Å². The Bertz CT molecular complexity index is 1060. The van der Waals surface area contributed by atoms with Gasteiger partial charge in [-0.25, -0.2) is 0 Å². The number of fused-ring (bicyclic) bond motifs is 1. The molecule has 8 aliphatic rings. The van der Waals surface area contributed by atoms with Gasteiger partial charge in [0.2, 0.25) is 0 Å². The molecule has 10 rings (SSSR count). The van der Waals surface area contributed by atoms with E-state index in [0.29, 0.717) is 11.5 Å². The van der Waals surface area contributed by atoms with Crippen molar-refractivity contribution in [2.75, 3.05) is 0 Å². The van der Waals surface area contributed by atoms with Gasteiger partial charge in [-0.1, -0.05) is 12.1 Å². The van der Waals surface area contributed by atoms with Gasteiger partial charge in [0.15, 0.2) is 0 Å². The molecule has 2 nitrogen and oxygen atoms in total. The molecular weight excluding hydrogens is 392 g/mol. The van der Waals surface area contributed by atoms with Crippen LogP contribution in [0.3, 0.4) is 0 Å². The fraction of sp³-hybridized carbons (Fsp3) is 0.667. The zero-order chi connectivity index (χ0) is 21.2. The van der Waals surface area contributed by atoms with E-state index in [1.54, 1.807) is 0 Å². The second-order valence-corrected chi connectivity index (χ2v) is 13.4. The summed E-state index contributed by atoms with van der Waals surface area (Å²) < 4.78 is 0. The van der Waals surface area contributed by atoms with E-state index in [0.717, 1.165) is 46.3 Å². The van der Waals surface area contributed by atoms with E-state index in [9.17, 15) is 10.2 Å². The van der Waals surface area contributed by atoms with Crippen LogP contribution in [-0.4, -0.2) is 10.2 Å². The average molecular weight is 429 g/mol.